The van der Waals surface area contributed by atoms with Crippen LogP contribution in [0.4, 0.5) is 0 Å². The Balaban J connectivity index is 1.75. The van der Waals surface area contributed by atoms with Crippen molar-refractivity contribution in [1.29, 1.82) is 0 Å². The summed E-state index contributed by atoms with van der Waals surface area (Å²) < 4.78 is 34.7. The van der Waals surface area contributed by atoms with Gasteiger partial charge in [0.1, 0.15) is 5.88 Å². The molecule has 41 heavy (non-hydrogen) atoms. The second kappa shape index (κ2) is 11.8. The number of nitrogens with zero attached hydrogens (tertiary/aromatic N) is 1. The average Bonchev–Trinajstić information content (AvgIpc) is 3.20. The molecule has 0 spiro atoms. The normalized spacial score (nSPS) is 18.2. The van der Waals surface area contributed by atoms with Crippen LogP contribution in [0.3, 0.4) is 0 Å². The maximum absolute atomic E-state index is 13.5. The predicted molar refractivity (Wildman–Crippen MR) is 166 cm³/mol. The van der Waals surface area contributed by atoms with Gasteiger partial charge in [0.15, 0.2) is 9.84 Å². The van der Waals surface area contributed by atoms with Crippen molar-refractivity contribution >= 4 is 15.7 Å². The molecule has 0 unspecified atom stereocenters. The largest absolute Gasteiger partial charge is 0.380 e. The van der Waals surface area contributed by atoms with Crippen molar-refractivity contribution in [2.24, 2.45) is 11.3 Å². The first-order chi connectivity index (χ1) is 19.0. The molecule has 8 heteroatoms. The molecule has 2 aliphatic rings. The lowest BCUT2D eigenvalue weighted by molar-refractivity contribution is -0.0978. The molecule has 2 N–H and O–H groups in total. The van der Waals surface area contributed by atoms with Crippen molar-refractivity contribution in [3.63, 3.8) is 0 Å². The zero-order valence-corrected chi connectivity index (χ0v) is 27.3. The first-order valence-electron chi connectivity index (χ1n) is 15.2. The highest BCUT2D eigenvalue weighted by Gasteiger charge is 2.34. The van der Waals surface area contributed by atoms with Crippen LogP contribution < -0.4 is 10.6 Å². The Kier molecular flexibility index (Phi) is 9.18. The maximum atomic E-state index is 13.5. The smallest absolute Gasteiger partial charge is 0.253 e. The molecule has 1 aromatic carbocycles. The molecule has 2 heterocycles. The summed E-state index contributed by atoms with van der Waals surface area (Å²) in [4.78, 5) is 13.8. The standard InChI is InChI=1S/C33H51N3O4S/c1-23-26(30(37)34-19-33(8)20-40-21-33)17-28(36(23)18-24-12-10-9-11-13-24)25-14-15-29(27(16-25)31(2,3)4)41(38,39)22-35-32(5,6)7/h14-17,24,35H,9-13,18-22H2,1-8H3,(H,34,37). The molecular formula is C33H51N3O4S. The summed E-state index contributed by atoms with van der Waals surface area (Å²) in [7, 11) is -3.57. The van der Waals surface area contributed by atoms with Gasteiger partial charge in [-0.3, -0.25) is 10.1 Å². The van der Waals surface area contributed by atoms with Gasteiger partial charge in [0.2, 0.25) is 0 Å². The Hall–Kier alpha value is -2.16. The second-order valence-electron chi connectivity index (χ2n) is 14.8. The van der Waals surface area contributed by atoms with Crippen LogP contribution in [-0.2, 0) is 26.5 Å². The predicted octanol–water partition coefficient (Wildman–Crippen LogP) is 6.23. The second-order valence-corrected chi connectivity index (χ2v) is 16.7. The van der Waals surface area contributed by atoms with Crippen LogP contribution in [0.5, 0.6) is 0 Å². The third-order valence-corrected chi connectivity index (χ3v) is 10.1. The highest BCUT2D eigenvalue weighted by atomic mass is 32.2. The van der Waals surface area contributed by atoms with Crippen LogP contribution in [-0.4, -0.2) is 50.1 Å². The van der Waals surface area contributed by atoms with Crippen LogP contribution in [0.15, 0.2) is 29.2 Å². The number of aromatic nitrogens is 1. The van der Waals surface area contributed by atoms with E-state index >= 15 is 0 Å². The minimum absolute atomic E-state index is 0.0121. The number of hydrogen-bond donors (Lipinski definition) is 2. The number of ether oxygens (including phenoxy) is 1. The lowest BCUT2D eigenvalue weighted by atomic mass is 9.85. The van der Waals surface area contributed by atoms with E-state index in [0.717, 1.165) is 29.1 Å². The Morgan fingerprint density at radius 2 is 1.71 bits per heavy atom. The maximum Gasteiger partial charge on any atom is 0.253 e. The van der Waals surface area contributed by atoms with Crippen LogP contribution in [0.2, 0.25) is 0 Å². The minimum atomic E-state index is -3.57. The lowest BCUT2D eigenvalue weighted by Crippen LogP contribution is -2.48. The number of benzene rings is 1. The number of carbonyl (C=O) groups is 1. The fourth-order valence-corrected chi connectivity index (χ4v) is 7.61. The van der Waals surface area contributed by atoms with E-state index in [9.17, 15) is 13.2 Å². The molecule has 1 aliphatic carbocycles. The molecule has 2 fully saturated rings. The van der Waals surface area contributed by atoms with Crippen LogP contribution >= 0.6 is 0 Å². The third-order valence-electron chi connectivity index (χ3n) is 8.56. The zero-order chi connectivity index (χ0) is 30.2. The van der Waals surface area contributed by atoms with Crippen molar-refractivity contribution in [3.8, 4) is 11.3 Å². The zero-order valence-electron chi connectivity index (χ0n) is 26.4. The summed E-state index contributed by atoms with van der Waals surface area (Å²) >= 11 is 0. The number of amides is 1. The van der Waals surface area contributed by atoms with Crippen molar-refractivity contribution in [1.82, 2.24) is 15.2 Å². The van der Waals surface area contributed by atoms with Gasteiger partial charge in [-0.1, -0.05) is 53.0 Å². The molecule has 1 aromatic heterocycles. The highest BCUT2D eigenvalue weighted by molar-refractivity contribution is 7.91. The molecular weight excluding hydrogens is 534 g/mol. The highest BCUT2D eigenvalue weighted by Crippen LogP contribution is 2.36. The number of hydrogen-bond acceptors (Lipinski definition) is 5. The van der Waals surface area contributed by atoms with Gasteiger partial charge < -0.3 is 14.6 Å². The number of nitrogens with one attached hydrogen (secondary N) is 2. The molecule has 7 nitrogen and oxygen atoms in total. The van der Waals surface area contributed by atoms with Gasteiger partial charge in [0, 0.05) is 35.4 Å². The van der Waals surface area contributed by atoms with Gasteiger partial charge >= 0.3 is 0 Å². The van der Waals surface area contributed by atoms with E-state index in [4.69, 9.17) is 4.74 Å². The summed E-state index contributed by atoms with van der Waals surface area (Å²) in [6.07, 6.45) is 6.18. The number of carbonyl (C=O) groups excluding carboxylic acids is 1. The van der Waals surface area contributed by atoms with E-state index in [1.165, 1.54) is 32.1 Å². The monoisotopic (exact) mass is 585 g/mol. The number of rotatable bonds is 9. The third kappa shape index (κ3) is 7.63. The molecule has 2 aromatic rings. The molecule has 0 bridgehead atoms. The molecule has 0 radical (unpaired) electrons. The summed E-state index contributed by atoms with van der Waals surface area (Å²) in [6, 6.07) is 7.72. The molecule has 0 atom stereocenters. The molecule has 4 rings (SSSR count). The topological polar surface area (TPSA) is 89.4 Å². The summed E-state index contributed by atoms with van der Waals surface area (Å²) in [5.41, 5.74) is 3.63. The van der Waals surface area contributed by atoms with Crippen LogP contribution in [0.25, 0.3) is 11.3 Å². The molecule has 1 amide bonds. The van der Waals surface area contributed by atoms with Gasteiger partial charge in [-0.15, -0.1) is 0 Å². The van der Waals surface area contributed by atoms with E-state index in [1.807, 2.05) is 45.9 Å². The van der Waals surface area contributed by atoms with Crippen molar-refractivity contribution in [2.45, 2.75) is 110 Å². The Bertz CT molecular complexity index is 1350. The fourth-order valence-electron chi connectivity index (χ4n) is 5.85. The Labute approximate surface area is 247 Å². The summed E-state index contributed by atoms with van der Waals surface area (Å²) in [5, 5.41) is 6.30. The average molecular weight is 586 g/mol. The van der Waals surface area contributed by atoms with Gasteiger partial charge in [-0.2, -0.15) is 0 Å². The van der Waals surface area contributed by atoms with Crippen LogP contribution in [0, 0.1) is 18.3 Å². The molecule has 228 valence electrons. The van der Waals surface area contributed by atoms with E-state index in [1.54, 1.807) is 6.07 Å². The molecule has 1 aliphatic heterocycles. The first kappa shape index (κ1) is 31.8. The van der Waals surface area contributed by atoms with E-state index in [-0.39, 0.29) is 22.7 Å². The quantitative estimate of drug-likeness (QED) is 0.364. The van der Waals surface area contributed by atoms with Crippen molar-refractivity contribution < 1.29 is 17.9 Å². The van der Waals surface area contributed by atoms with Gasteiger partial charge in [0.05, 0.1) is 23.7 Å². The van der Waals surface area contributed by atoms with Crippen LogP contribution in [0.1, 0.15) is 102 Å². The van der Waals surface area contributed by atoms with Gasteiger partial charge in [-0.25, -0.2) is 8.42 Å². The van der Waals surface area contributed by atoms with E-state index in [2.05, 4.69) is 42.9 Å². The lowest BCUT2D eigenvalue weighted by Gasteiger charge is -2.38. The molecule has 1 saturated carbocycles. The van der Waals surface area contributed by atoms with Crippen molar-refractivity contribution in [2.75, 3.05) is 25.6 Å². The van der Waals surface area contributed by atoms with Gasteiger partial charge in [-0.05, 0) is 81.2 Å². The number of sulfone groups is 1. The molecule has 1 saturated heterocycles. The van der Waals surface area contributed by atoms with E-state index in [0.29, 0.717) is 36.1 Å². The Morgan fingerprint density at radius 1 is 1.05 bits per heavy atom. The van der Waals surface area contributed by atoms with E-state index < -0.39 is 15.3 Å². The summed E-state index contributed by atoms with van der Waals surface area (Å²) in [5.74, 6) is 0.383. The van der Waals surface area contributed by atoms with Crippen molar-refractivity contribution in [3.05, 3.63) is 41.1 Å². The SMILES string of the molecule is Cc1c(C(=O)NCC2(C)COC2)cc(-c2ccc(S(=O)(=O)CNC(C)(C)C)c(C(C)(C)C)c2)n1CC1CCCCC1. The minimum Gasteiger partial charge on any atom is -0.380 e. The Morgan fingerprint density at radius 3 is 2.27 bits per heavy atom. The summed E-state index contributed by atoms with van der Waals surface area (Å²) in [6.45, 7) is 19.0. The first-order valence-corrected chi connectivity index (χ1v) is 16.8. The van der Waals surface area contributed by atoms with Gasteiger partial charge in [0.25, 0.3) is 5.91 Å². The fraction of sp³-hybridized carbons (Fsp3) is 0.667.